The minimum Gasteiger partial charge on any atom is -0.207 e. The predicted octanol–water partition coefficient (Wildman–Crippen LogP) is 3.30. The van der Waals surface area contributed by atoms with Crippen molar-refractivity contribution in [3.63, 3.8) is 0 Å². The van der Waals surface area contributed by atoms with Crippen LogP contribution in [0.1, 0.15) is 29.7 Å². The summed E-state index contributed by atoms with van der Waals surface area (Å²) in [5.41, 5.74) is 3.16. The Morgan fingerprint density at radius 3 is 2.48 bits per heavy atom. The molecule has 3 rings (SSSR count). The van der Waals surface area contributed by atoms with Gasteiger partial charge in [-0.2, -0.15) is 4.31 Å². The number of sulfonamides is 1. The molecule has 0 saturated carbocycles. The summed E-state index contributed by atoms with van der Waals surface area (Å²) in [6.07, 6.45) is 0.769. The molecular weight excluding hydrogens is 282 g/mol. The summed E-state index contributed by atoms with van der Waals surface area (Å²) in [5.74, 6) is 0. The van der Waals surface area contributed by atoms with Crippen LogP contribution in [0.5, 0.6) is 0 Å². The van der Waals surface area contributed by atoms with E-state index in [9.17, 15) is 8.42 Å². The fourth-order valence-corrected chi connectivity index (χ4v) is 4.89. The zero-order valence-corrected chi connectivity index (χ0v) is 13.1. The lowest BCUT2D eigenvalue weighted by molar-refractivity contribution is 0.326. The van der Waals surface area contributed by atoms with Crippen LogP contribution in [0, 0.1) is 6.92 Å². The lowest BCUT2D eigenvalue weighted by Crippen LogP contribution is -2.39. The van der Waals surface area contributed by atoms with Gasteiger partial charge in [-0.05, 0) is 43.0 Å². The minimum atomic E-state index is -3.45. The van der Waals surface area contributed by atoms with E-state index in [1.165, 1.54) is 5.56 Å². The lowest BCUT2D eigenvalue weighted by Gasteiger charge is -2.34. The van der Waals surface area contributed by atoms with Gasteiger partial charge in [0.05, 0.1) is 4.90 Å². The normalized spacial score (nSPS) is 19.2. The molecule has 0 aromatic heterocycles. The van der Waals surface area contributed by atoms with Crippen molar-refractivity contribution in [3.05, 3.63) is 65.2 Å². The molecule has 0 amide bonds. The number of nitrogens with zero attached hydrogens (tertiary/aromatic N) is 1. The number of hydrogen-bond acceptors (Lipinski definition) is 2. The zero-order chi connectivity index (χ0) is 15.0. The summed E-state index contributed by atoms with van der Waals surface area (Å²) >= 11 is 0. The van der Waals surface area contributed by atoms with Crippen LogP contribution in [0.15, 0.2) is 53.4 Å². The standard InChI is InChI=1S/C17H19NO2S/c1-13-7-3-6-10-17(13)21(19,20)18-12-11-15-8-4-5-9-16(15)14(18)2/h3-10,14H,11-12H2,1-2H3. The molecule has 0 N–H and O–H groups in total. The molecule has 2 aromatic rings. The van der Waals surface area contributed by atoms with Crippen molar-refractivity contribution in [3.8, 4) is 0 Å². The lowest BCUT2D eigenvalue weighted by atomic mass is 9.96. The first-order valence-corrected chi connectivity index (χ1v) is 8.61. The molecule has 0 radical (unpaired) electrons. The Kier molecular flexibility index (Phi) is 3.59. The molecule has 4 heteroatoms. The number of fused-ring (bicyclic) bond motifs is 1. The van der Waals surface area contributed by atoms with Crippen molar-refractivity contribution in [1.82, 2.24) is 4.31 Å². The number of rotatable bonds is 2. The van der Waals surface area contributed by atoms with Crippen LogP contribution in [0.4, 0.5) is 0 Å². The van der Waals surface area contributed by atoms with Crippen LogP contribution in [0.3, 0.4) is 0 Å². The van der Waals surface area contributed by atoms with E-state index < -0.39 is 10.0 Å². The average Bonchev–Trinajstić information content (AvgIpc) is 2.48. The Balaban J connectivity index is 2.04. The van der Waals surface area contributed by atoms with E-state index in [1.807, 2.05) is 44.2 Å². The van der Waals surface area contributed by atoms with Gasteiger partial charge in [-0.15, -0.1) is 0 Å². The SMILES string of the molecule is Cc1ccccc1S(=O)(=O)N1CCc2ccccc2C1C. The van der Waals surface area contributed by atoms with Crippen molar-refractivity contribution >= 4 is 10.0 Å². The molecule has 21 heavy (non-hydrogen) atoms. The van der Waals surface area contributed by atoms with E-state index in [4.69, 9.17) is 0 Å². The summed E-state index contributed by atoms with van der Waals surface area (Å²) in [6.45, 7) is 4.35. The molecule has 1 heterocycles. The molecule has 2 aromatic carbocycles. The highest BCUT2D eigenvalue weighted by Crippen LogP contribution is 2.34. The van der Waals surface area contributed by atoms with E-state index in [2.05, 4.69) is 6.07 Å². The Morgan fingerprint density at radius 2 is 1.71 bits per heavy atom. The smallest absolute Gasteiger partial charge is 0.207 e. The highest BCUT2D eigenvalue weighted by molar-refractivity contribution is 7.89. The Bertz CT molecular complexity index is 768. The third kappa shape index (κ3) is 2.39. The number of hydrogen-bond donors (Lipinski definition) is 0. The summed E-state index contributed by atoms with van der Waals surface area (Å²) < 4.78 is 27.5. The maximum Gasteiger partial charge on any atom is 0.243 e. The largest absolute Gasteiger partial charge is 0.243 e. The third-order valence-electron chi connectivity index (χ3n) is 4.22. The highest BCUT2D eigenvalue weighted by Gasteiger charge is 2.34. The summed E-state index contributed by atoms with van der Waals surface area (Å²) in [5, 5.41) is 0. The van der Waals surface area contributed by atoms with Crippen LogP contribution >= 0.6 is 0 Å². The van der Waals surface area contributed by atoms with Gasteiger partial charge in [0.2, 0.25) is 10.0 Å². The number of benzene rings is 2. The predicted molar refractivity (Wildman–Crippen MR) is 83.6 cm³/mol. The van der Waals surface area contributed by atoms with Crippen LogP contribution in [0.2, 0.25) is 0 Å². The van der Waals surface area contributed by atoms with Gasteiger partial charge < -0.3 is 0 Å². The monoisotopic (exact) mass is 301 g/mol. The highest BCUT2D eigenvalue weighted by atomic mass is 32.2. The zero-order valence-electron chi connectivity index (χ0n) is 12.3. The third-order valence-corrected chi connectivity index (χ3v) is 6.35. The molecule has 0 spiro atoms. The van der Waals surface area contributed by atoms with E-state index in [0.29, 0.717) is 11.4 Å². The van der Waals surface area contributed by atoms with Gasteiger partial charge in [0.25, 0.3) is 0 Å². The maximum atomic E-state index is 13.0. The average molecular weight is 301 g/mol. The van der Waals surface area contributed by atoms with Crippen molar-refractivity contribution in [1.29, 1.82) is 0 Å². The summed E-state index contributed by atoms with van der Waals surface area (Å²) in [4.78, 5) is 0.413. The first kappa shape index (κ1) is 14.3. The fourth-order valence-electron chi connectivity index (χ4n) is 3.05. The van der Waals surface area contributed by atoms with Crippen molar-refractivity contribution in [2.45, 2.75) is 31.2 Å². The van der Waals surface area contributed by atoms with E-state index in [-0.39, 0.29) is 6.04 Å². The van der Waals surface area contributed by atoms with E-state index in [1.54, 1.807) is 16.4 Å². The minimum absolute atomic E-state index is 0.125. The second-order valence-electron chi connectivity index (χ2n) is 5.51. The Hall–Kier alpha value is -1.65. The second kappa shape index (κ2) is 5.28. The Morgan fingerprint density at radius 1 is 1.05 bits per heavy atom. The van der Waals surface area contributed by atoms with Crippen LogP contribution in [0.25, 0.3) is 0 Å². The first-order valence-electron chi connectivity index (χ1n) is 7.17. The molecule has 3 nitrogen and oxygen atoms in total. The van der Waals surface area contributed by atoms with E-state index >= 15 is 0 Å². The van der Waals surface area contributed by atoms with Crippen LogP contribution in [-0.2, 0) is 16.4 Å². The molecule has 1 aliphatic heterocycles. The maximum absolute atomic E-state index is 13.0. The van der Waals surface area contributed by atoms with Gasteiger partial charge in [0.15, 0.2) is 0 Å². The van der Waals surface area contributed by atoms with Crippen LogP contribution < -0.4 is 0 Å². The quantitative estimate of drug-likeness (QED) is 0.853. The first-order chi connectivity index (χ1) is 10.0. The molecule has 1 unspecified atom stereocenters. The molecule has 0 bridgehead atoms. The van der Waals surface area contributed by atoms with Gasteiger partial charge in [-0.1, -0.05) is 42.5 Å². The molecule has 0 aliphatic carbocycles. The fraction of sp³-hybridized carbons (Fsp3) is 0.294. The van der Waals surface area contributed by atoms with Crippen molar-refractivity contribution in [2.75, 3.05) is 6.54 Å². The van der Waals surface area contributed by atoms with Crippen molar-refractivity contribution in [2.24, 2.45) is 0 Å². The molecular formula is C17H19NO2S. The summed E-state index contributed by atoms with van der Waals surface area (Å²) in [7, 11) is -3.45. The van der Waals surface area contributed by atoms with Gasteiger partial charge >= 0.3 is 0 Å². The topological polar surface area (TPSA) is 37.4 Å². The molecule has 0 fully saturated rings. The van der Waals surface area contributed by atoms with Gasteiger partial charge in [0, 0.05) is 12.6 Å². The Labute approximate surface area is 126 Å². The number of aryl methyl sites for hydroxylation is 1. The molecule has 0 saturated heterocycles. The van der Waals surface area contributed by atoms with Gasteiger partial charge in [0.1, 0.15) is 0 Å². The molecule has 1 atom stereocenters. The second-order valence-corrected chi connectivity index (χ2v) is 7.37. The van der Waals surface area contributed by atoms with Gasteiger partial charge in [-0.3, -0.25) is 0 Å². The van der Waals surface area contributed by atoms with Crippen molar-refractivity contribution < 1.29 is 8.42 Å². The van der Waals surface area contributed by atoms with E-state index in [0.717, 1.165) is 17.5 Å². The van der Waals surface area contributed by atoms with Crippen LogP contribution in [-0.4, -0.2) is 19.3 Å². The summed E-state index contributed by atoms with van der Waals surface area (Å²) in [6, 6.07) is 15.2. The molecule has 1 aliphatic rings. The molecule has 110 valence electrons. The van der Waals surface area contributed by atoms with Gasteiger partial charge in [-0.25, -0.2) is 8.42 Å².